The minimum Gasteiger partial charge on any atom is -0.338 e. The number of amides is 4. The molecule has 1 heterocycles. The highest BCUT2D eigenvalue weighted by atomic mass is 16.2. The second-order valence-corrected chi connectivity index (χ2v) is 6.19. The lowest BCUT2D eigenvalue weighted by atomic mass is 9.94. The maximum absolute atomic E-state index is 12.5. The second-order valence-electron chi connectivity index (χ2n) is 6.19. The Balaban J connectivity index is 1.97. The molecular weight excluding hydrogens is 282 g/mol. The molecule has 22 heavy (non-hydrogen) atoms. The van der Waals surface area contributed by atoms with E-state index < -0.39 is 12.1 Å². The highest BCUT2D eigenvalue weighted by Crippen LogP contribution is 2.23. The van der Waals surface area contributed by atoms with E-state index in [-0.39, 0.29) is 24.4 Å². The van der Waals surface area contributed by atoms with Gasteiger partial charge in [0.15, 0.2) is 0 Å². The number of rotatable bonds is 6. The van der Waals surface area contributed by atoms with Crippen LogP contribution < -0.4 is 5.32 Å². The zero-order chi connectivity index (χ0) is 16.1. The summed E-state index contributed by atoms with van der Waals surface area (Å²) in [5.41, 5.74) is 0. The van der Waals surface area contributed by atoms with Crippen LogP contribution in [0.2, 0.25) is 0 Å². The van der Waals surface area contributed by atoms with Crippen LogP contribution in [0.25, 0.3) is 0 Å². The Morgan fingerprint density at radius 3 is 2.50 bits per heavy atom. The Bertz CT molecular complexity index is 432. The predicted octanol–water partition coefficient (Wildman–Crippen LogP) is 1.89. The molecule has 0 radical (unpaired) electrons. The Morgan fingerprint density at radius 1 is 1.23 bits per heavy atom. The number of nitrogens with one attached hydrogen (secondary N) is 1. The van der Waals surface area contributed by atoms with Gasteiger partial charge in [-0.05, 0) is 26.2 Å². The molecule has 1 unspecified atom stereocenters. The molecule has 1 saturated carbocycles. The summed E-state index contributed by atoms with van der Waals surface area (Å²) in [6.45, 7) is 4.42. The van der Waals surface area contributed by atoms with Crippen LogP contribution >= 0.6 is 0 Å². The highest BCUT2D eigenvalue weighted by molar-refractivity contribution is 6.06. The van der Waals surface area contributed by atoms with Crippen molar-refractivity contribution in [1.82, 2.24) is 15.1 Å². The van der Waals surface area contributed by atoms with Crippen LogP contribution in [-0.2, 0) is 9.59 Å². The number of likely N-dealkylation sites (N-methyl/N-ethyl adjacent to an activating group) is 1. The third kappa shape index (κ3) is 3.59. The monoisotopic (exact) mass is 309 g/mol. The quantitative estimate of drug-likeness (QED) is 0.762. The first-order valence-electron chi connectivity index (χ1n) is 8.49. The summed E-state index contributed by atoms with van der Waals surface area (Å²) < 4.78 is 0. The molecule has 0 bridgehead atoms. The summed E-state index contributed by atoms with van der Waals surface area (Å²) in [5, 5.41) is 2.66. The zero-order valence-corrected chi connectivity index (χ0v) is 13.6. The van der Waals surface area contributed by atoms with E-state index in [4.69, 9.17) is 0 Å². The molecule has 2 fully saturated rings. The van der Waals surface area contributed by atoms with E-state index in [0.29, 0.717) is 13.0 Å². The summed E-state index contributed by atoms with van der Waals surface area (Å²) in [6.07, 6.45) is 7.02. The number of hydrogen-bond donors (Lipinski definition) is 1. The van der Waals surface area contributed by atoms with Crippen molar-refractivity contribution in [3.05, 3.63) is 0 Å². The average Bonchev–Trinajstić information content (AvgIpc) is 2.77. The van der Waals surface area contributed by atoms with Crippen molar-refractivity contribution in [2.45, 2.75) is 70.9 Å². The number of carbonyl (C=O) groups excluding carboxylic acids is 3. The van der Waals surface area contributed by atoms with Gasteiger partial charge >= 0.3 is 6.03 Å². The van der Waals surface area contributed by atoms with Crippen molar-refractivity contribution in [2.75, 3.05) is 13.1 Å². The number of carbonyl (C=O) groups is 3. The molecule has 1 atom stereocenters. The lowest BCUT2D eigenvalue weighted by Gasteiger charge is -2.34. The van der Waals surface area contributed by atoms with Crippen molar-refractivity contribution in [3.63, 3.8) is 0 Å². The molecule has 1 aliphatic heterocycles. The SMILES string of the molecule is CCCC1NC(=O)N(CC(=O)N(CC)C2CCCCC2)C1=O. The first kappa shape index (κ1) is 16.8. The van der Waals surface area contributed by atoms with E-state index in [1.807, 2.05) is 18.7 Å². The van der Waals surface area contributed by atoms with Crippen molar-refractivity contribution in [2.24, 2.45) is 0 Å². The lowest BCUT2D eigenvalue weighted by Crippen LogP contribution is -2.47. The van der Waals surface area contributed by atoms with E-state index >= 15 is 0 Å². The first-order chi connectivity index (χ1) is 10.6. The van der Waals surface area contributed by atoms with Gasteiger partial charge in [0.05, 0.1) is 0 Å². The Morgan fingerprint density at radius 2 is 1.91 bits per heavy atom. The van der Waals surface area contributed by atoms with Gasteiger partial charge < -0.3 is 10.2 Å². The van der Waals surface area contributed by atoms with Gasteiger partial charge in [0, 0.05) is 12.6 Å². The third-order valence-electron chi connectivity index (χ3n) is 4.65. The van der Waals surface area contributed by atoms with E-state index in [0.717, 1.165) is 37.0 Å². The summed E-state index contributed by atoms with van der Waals surface area (Å²) in [4.78, 5) is 39.6. The number of hydrogen-bond acceptors (Lipinski definition) is 3. The normalized spacial score (nSPS) is 22.8. The molecule has 124 valence electrons. The molecule has 4 amide bonds. The largest absolute Gasteiger partial charge is 0.338 e. The smallest absolute Gasteiger partial charge is 0.325 e. The van der Waals surface area contributed by atoms with E-state index in [2.05, 4.69) is 5.32 Å². The molecule has 0 aromatic rings. The number of urea groups is 1. The molecule has 0 aromatic carbocycles. The lowest BCUT2D eigenvalue weighted by molar-refractivity contribution is -0.139. The summed E-state index contributed by atoms with van der Waals surface area (Å²) in [5.74, 6) is -0.380. The minimum absolute atomic E-state index is 0.116. The number of imide groups is 1. The summed E-state index contributed by atoms with van der Waals surface area (Å²) in [7, 11) is 0. The van der Waals surface area contributed by atoms with Crippen molar-refractivity contribution < 1.29 is 14.4 Å². The van der Waals surface area contributed by atoms with Crippen molar-refractivity contribution in [3.8, 4) is 0 Å². The highest BCUT2D eigenvalue weighted by Gasteiger charge is 2.39. The first-order valence-corrected chi connectivity index (χ1v) is 8.49. The fourth-order valence-corrected chi connectivity index (χ4v) is 3.47. The Labute approximate surface area is 132 Å². The standard InChI is InChI=1S/C16H27N3O3/c1-3-8-13-15(21)19(16(22)17-13)11-14(20)18(4-2)12-9-6-5-7-10-12/h12-13H,3-11H2,1-2H3,(H,17,22). The maximum atomic E-state index is 12.5. The zero-order valence-electron chi connectivity index (χ0n) is 13.6. The Hall–Kier alpha value is -1.59. The third-order valence-corrected chi connectivity index (χ3v) is 4.65. The van der Waals surface area contributed by atoms with Crippen LogP contribution in [0, 0.1) is 0 Å². The number of nitrogens with zero attached hydrogens (tertiary/aromatic N) is 2. The van der Waals surface area contributed by atoms with Gasteiger partial charge in [0.25, 0.3) is 5.91 Å². The van der Waals surface area contributed by atoms with E-state index in [1.54, 1.807) is 0 Å². The van der Waals surface area contributed by atoms with Crippen LogP contribution in [0.1, 0.15) is 58.8 Å². The minimum atomic E-state index is -0.463. The molecule has 0 aromatic heterocycles. The van der Waals surface area contributed by atoms with Crippen LogP contribution in [0.15, 0.2) is 0 Å². The van der Waals surface area contributed by atoms with Gasteiger partial charge in [0.2, 0.25) is 5.91 Å². The molecule has 6 nitrogen and oxygen atoms in total. The van der Waals surface area contributed by atoms with Crippen LogP contribution in [0.5, 0.6) is 0 Å². The van der Waals surface area contributed by atoms with Gasteiger partial charge in [-0.2, -0.15) is 0 Å². The second kappa shape index (κ2) is 7.61. The van der Waals surface area contributed by atoms with Crippen LogP contribution in [0.3, 0.4) is 0 Å². The molecule has 2 aliphatic rings. The van der Waals surface area contributed by atoms with Crippen molar-refractivity contribution >= 4 is 17.8 Å². The van der Waals surface area contributed by atoms with Gasteiger partial charge in [-0.1, -0.05) is 32.6 Å². The topological polar surface area (TPSA) is 69.7 Å². The molecule has 0 spiro atoms. The molecule has 1 N–H and O–H groups in total. The molecular formula is C16H27N3O3. The molecule has 2 rings (SSSR count). The molecule has 1 saturated heterocycles. The van der Waals surface area contributed by atoms with Gasteiger partial charge in [-0.25, -0.2) is 4.79 Å². The van der Waals surface area contributed by atoms with E-state index in [1.165, 1.54) is 6.42 Å². The van der Waals surface area contributed by atoms with Gasteiger partial charge in [0.1, 0.15) is 12.6 Å². The summed E-state index contributed by atoms with van der Waals surface area (Å²) in [6, 6.07) is -0.634. The van der Waals surface area contributed by atoms with Gasteiger partial charge in [-0.15, -0.1) is 0 Å². The predicted molar refractivity (Wildman–Crippen MR) is 83.2 cm³/mol. The van der Waals surface area contributed by atoms with Crippen LogP contribution in [-0.4, -0.2) is 52.8 Å². The van der Waals surface area contributed by atoms with Crippen molar-refractivity contribution in [1.29, 1.82) is 0 Å². The van der Waals surface area contributed by atoms with Crippen LogP contribution in [0.4, 0.5) is 4.79 Å². The van der Waals surface area contributed by atoms with E-state index in [9.17, 15) is 14.4 Å². The summed E-state index contributed by atoms with van der Waals surface area (Å²) >= 11 is 0. The maximum Gasteiger partial charge on any atom is 0.325 e. The molecule has 1 aliphatic carbocycles. The fraction of sp³-hybridized carbons (Fsp3) is 0.812. The molecule has 6 heteroatoms. The Kier molecular flexibility index (Phi) is 5.80. The fourth-order valence-electron chi connectivity index (χ4n) is 3.47. The average molecular weight is 309 g/mol. The van der Waals surface area contributed by atoms with Gasteiger partial charge in [-0.3, -0.25) is 14.5 Å².